The van der Waals surface area contributed by atoms with Crippen molar-refractivity contribution in [2.75, 3.05) is 5.75 Å². The molecule has 1 aliphatic heterocycles. The quantitative estimate of drug-likeness (QED) is 0.567. The van der Waals surface area contributed by atoms with Gasteiger partial charge in [-0.3, -0.25) is 0 Å². The van der Waals surface area contributed by atoms with Gasteiger partial charge in [0, 0.05) is 0 Å². The van der Waals surface area contributed by atoms with E-state index in [4.69, 9.17) is 0 Å². The molecule has 0 bridgehead atoms. The van der Waals surface area contributed by atoms with E-state index in [9.17, 15) is 8.42 Å². The van der Waals surface area contributed by atoms with Crippen LogP contribution < -0.4 is 0 Å². The first-order chi connectivity index (χ1) is 5.02. The van der Waals surface area contributed by atoms with Gasteiger partial charge in [0.25, 0.3) is 0 Å². The Morgan fingerprint density at radius 3 is 1.73 bits per heavy atom. The molecule has 0 aromatic carbocycles. The maximum absolute atomic E-state index is 11.0. The average Bonchev–Trinajstić information content (AvgIpc) is 2.10. The molecule has 1 rings (SSSR count). The SMILES string of the molecule is CC.CC1CC(C)S(=O)(=O)C1. The molecule has 3 heteroatoms. The van der Waals surface area contributed by atoms with Crippen LogP contribution in [0.15, 0.2) is 0 Å². The summed E-state index contributed by atoms with van der Waals surface area (Å²) in [7, 11) is -2.67. The fourth-order valence-corrected chi connectivity index (χ4v) is 3.22. The van der Waals surface area contributed by atoms with Gasteiger partial charge in [0.15, 0.2) is 9.84 Å². The molecule has 2 nitrogen and oxygen atoms in total. The van der Waals surface area contributed by atoms with Crippen molar-refractivity contribution in [1.29, 1.82) is 0 Å². The van der Waals surface area contributed by atoms with Crippen molar-refractivity contribution in [2.45, 2.75) is 39.4 Å². The van der Waals surface area contributed by atoms with E-state index in [1.165, 1.54) is 0 Å². The minimum atomic E-state index is -2.67. The summed E-state index contributed by atoms with van der Waals surface area (Å²) >= 11 is 0. The second-order valence-corrected chi connectivity index (χ2v) is 5.44. The molecule has 2 atom stereocenters. The van der Waals surface area contributed by atoms with Crippen LogP contribution in [0.2, 0.25) is 0 Å². The second kappa shape index (κ2) is 4.10. The third kappa shape index (κ3) is 2.81. The van der Waals surface area contributed by atoms with Gasteiger partial charge in [-0.25, -0.2) is 8.42 Å². The highest BCUT2D eigenvalue weighted by Crippen LogP contribution is 2.24. The van der Waals surface area contributed by atoms with E-state index in [0.717, 1.165) is 6.42 Å². The molecule has 1 saturated heterocycles. The number of hydrogen-bond acceptors (Lipinski definition) is 2. The van der Waals surface area contributed by atoms with E-state index in [1.54, 1.807) is 6.92 Å². The van der Waals surface area contributed by atoms with Crippen molar-refractivity contribution in [3.8, 4) is 0 Å². The molecule has 0 radical (unpaired) electrons. The molecule has 1 fully saturated rings. The van der Waals surface area contributed by atoms with Gasteiger partial charge in [0.05, 0.1) is 11.0 Å². The molecular formula is C8H18O2S. The number of sulfone groups is 1. The molecule has 0 N–H and O–H groups in total. The van der Waals surface area contributed by atoms with Crippen molar-refractivity contribution in [2.24, 2.45) is 5.92 Å². The first-order valence-electron chi connectivity index (χ1n) is 4.24. The lowest BCUT2D eigenvalue weighted by Crippen LogP contribution is -2.10. The zero-order chi connectivity index (χ0) is 9.07. The van der Waals surface area contributed by atoms with Crippen molar-refractivity contribution >= 4 is 9.84 Å². The highest BCUT2D eigenvalue weighted by atomic mass is 32.2. The van der Waals surface area contributed by atoms with Crippen molar-refractivity contribution in [1.82, 2.24) is 0 Å². The normalized spacial score (nSPS) is 34.2. The summed E-state index contributed by atoms with van der Waals surface area (Å²) in [4.78, 5) is 0. The lowest BCUT2D eigenvalue weighted by Gasteiger charge is -1.96. The van der Waals surface area contributed by atoms with Gasteiger partial charge >= 0.3 is 0 Å². The van der Waals surface area contributed by atoms with Gasteiger partial charge in [-0.15, -0.1) is 0 Å². The highest BCUT2D eigenvalue weighted by Gasteiger charge is 2.31. The molecule has 68 valence electrons. The Balaban J connectivity index is 0.000000461. The fraction of sp³-hybridized carbons (Fsp3) is 1.00. The maximum atomic E-state index is 11.0. The van der Waals surface area contributed by atoms with Crippen LogP contribution in [0.25, 0.3) is 0 Å². The monoisotopic (exact) mass is 178 g/mol. The number of hydrogen-bond donors (Lipinski definition) is 0. The summed E-state index contributed by atoms with van der Waals surface area (Å²) in [6.45, 7) is 7.78. The van der Waals surface area contributed by atoms with E-state index in [-0.39, 0.29) is 5.25 Å². The first-order valence-corrected chi connectivity index (χ1v) is 5.95. The molecular weight excluding hydrogens is 160 g/mol. The van der Waals surface area contributed by atoms with Crippen molar-refractivity contribution < 1.29 is 8.42 Å². The van der Waals surface area contributed by atoms with Crippen LogP contribution in [0.1, 0.15) is 34.1 Å². The predicted molar refractivity (Wildman–Crippen MR) is 48.4 cm³/mol. The molecule has 11 heavy (non-hydrogen) atoms. The topological polar surface area (TPSA) is 34.1 Å². The molecule has 0 amide bonds. The van der Waals surface area contributed by atoms with Crippen molar-refractivity contribution in [3.05, 3.63) is 0 Å². The molecule has 2 unspecified atom stereocenters. The van der Waals surface area contributed by atoms with Gasteiger partial charge < -0.3 is 0 Å². The van der Waals surface area contributed by atoms with Gasteiger partial charge in [-0.05, 0) is 19.3 Å². The zero-order valence-corrected chi connectivity index (χ0v) is 8.61. The van der Waals surface area contributed by atoms with E-state index >= 15 is 0 Å². The van der Waals surface area contributed by atoms with Gasteiger partial charge in [-0.1, -0.05) is 20.8 Å². The Hall–Kier alpha value is -0.0500. The van der Waals surface area contributed by atoms with Crippen molar-refractivity contribution in [3.63, 3.8) is 0 Å². The summed E-state index contributed by atoms with van der Waals surface area (Å²) in [6, 6.07) is 0. The molecule has 0 aromatic rings. The van der Waals surface area contributed by atoms with Crippen LogP contribution in [0.5, 0.6) is 0 Å². The summed E-state index contributed by atoms with van der Waals surface area (Å²) in [5.41, 5.74) is 0. The lowest BCUT2D eigenvalue weighted by atomic mass is 10.1. The minimum Gasteiger partial charge on any atom is -0.229 e. The first kappa shape index (κ1) is 11.0. The number of rotatable bonds is 0. The molecule has 0 aromatic heterocycles. The van der Waals surface area contributed by atoms with E-state index < -0.39 is 9.84 Å². The standard InChI is InChI=1S/C6H12O2S.C2H6/c1-5-3-6(2)9(7,8)4-5;1-2/h5-6H,3-4H2,1-2H3;1-2H3. The van der Waals surface area contributed by atoms with Gasteiger partial charge in [0.1, 0.15) is 0 Å². The Bertz CT molecular complexity index is 194. The smallest absolute Gasteiger partial charge is 0.153 e. The van der Waals surface area contributed by atoms with Gasteiger partial charge in [0.2, 0.25) is 0 Å². The Kier molecular flexibility index (Phi) is 4.08. The summed E-state index contributed by atoms with van der Waals surface area (Å²) < 4.78 is 21.9. The largest absolute Gasteiger partial charge is 0.229 e. The third-order valence-electron chi connectivity index (χ3n) is 1.86. The highest BCUT2D eigenvalue weighted by molar-refractivity contribution is 7.92. The molecule has 0 spiro atoms. The van der Waals surface area contributed by atoms with Gasteiger partial charge in [-0.2, -0.15) is 0 Å². The predicted octanol–water partition coefficient (Wildman–Crippen LogP) is 1.86. The molecule has 1 heterocycles. The summed E-state index contributed by atoms with van der Waals surface area (Å²) in [5, 5.41) is -0.0903. The fourth-order valence-electron chi connectivity index (χ4n) is 1.34. The lowest BCUT2D eigenvalue weighted by molar-refractivity contribution is 0.593. The van der Waals surface area contributed by atoms with Crippen LogP contribution >= 0.6 is 0 Å². The molecule has 0 saturated carbocycles. The third-order valence-corrected chi connectivity index (χ3v) is 4.32. The van der Waals surface area contributed by atoms with Crippen LogP contribution in [-0.4, -0.2) is 19.4 Å². The summed E-state index contributed by atoms with van der Waals surface area (Å²) in [5.74, 6) is 0.777. The summed E-state index contributed by atoms with van der Waals surface area (Å²) in [6.07, 6.45) is 0.850. The van der Waals surface area contributed by atoms with E-state index in [1.807, 2.05) is 20.8 Å². The van der Waals surface area contributed by atoms with Crippen LogP contribution in [0.4, 0.5) is 0 Å². The minimum absolute atomic E-state index is 0.0903. The molecule has 0 aliphatic carbocycles. The second-order valence-electron chi connectivity index (χ2n) is 2.98. The maximum Gasteiger partial charge on any atom is 0.153 e. The van der Waals surface area contributed by atoms with Crippen LogP contribution in [0.3, 0.4) is 0 Å². The Morgan fingerprint density at radius 1 is 1.18 bits per heavy atom. The molecule has 1 aliphatic rings. The van der Waals surface area contributed by atoms with E-state index in [0.29, 0.717) is 11.7 Å². The van der Waals surface area contributed by atoms with E-state index in [2.05, 4.69) is 0 Å². The van der Waals surface area contributed by atoms with Crippen LogP contribution in [0, 0.1) is 5.92 Å². The Labute approximate surface area is 69.9 Å². The van der Waals surface area contributed by atoms with Crippen LogP contribution in [-0.2, 0) is 9.84 Å². The average molecular weight is 178 g/mol. The zero-order valence-electron chi connectivity index (χ0n) is 7.79. The Morgan fingerprint density at radius 2 is 1.64 bits per heavy atom.